The molecule has 2 N–H and O–H groups in total. The van der Waals surface area contributed by atoms with Gasteiger partial charge in [0, 0.05) is 29.8 Å². The Hall–Kier alpha value is -3.48. The highest BCUT2D eigenvalue weighted by atomic mass is 16.5. The first-order valence-electron chi connectivity index (χ1n) is 9.21. The van der Waals surface area contributed by atoms with E-state index in [0.717, 1.165) is 0 Å². The van der Waals surface area contributed by atoms with Crippen LogP contribution in [0.2, 0.25) is 0 Å². The molecule has 0 aliphatic rings. The molecule has 0 aliphatic carbocycles. The maximum atomic E-state index is 12.5. The van der Waals surface area contributed by atoms with E-state index < -0.39 is 12.1 Å². The van der Waals surface area contributed by atoms with Gasteiger partial charge in [0.1, 0.15) is 0 Å². The second-order valence-electron chi connectivity index (χ2n) is 6.90. The van der Waals surface area contributed by atoms with Crippen LogP contribution < -0.4 is 10.6 Å². The minimum Gasteiger partial charge on any atom is -0.451 e. The van der Waals surface area contributed by atoms with Crippen LogP contribution in [0.25, 0.3) is 0 Å². The number of Topliss-reactive ketones (excluding diaryl/α,β-unsaturated/α-hetero) is 1. The molecule has 1 unspecified atom stereocenters. The highest BCUT2D eigenvalue weighted by Gasteiger charge is 2.21. The maximum Gasteiger partial charge on any atom is 0.338 e. The molecule has 0 fully saturated rings. The van der Waals surface area contributed by atoms with Gasteiger partial charge in [0.05, 0.1) is 5.56 Å². The molecule has 7 heteroatoms. The summed E-state index contributed by atoms with van der Waals surface area (Å²) >= 11 is 0. The molecule has 2 amide bonds. The molecule has 0 saturated heterocycles. The van der Waals surface area contributed by atoms with Crippen molar-refractivity contribution in [2.24, 2.45) is 5.92 Å². The Bertz CT molecular complexity index is 919. The van der Waals surface area contributed by atoms with Gasteiger partial charge in [-0.2, -0.15) is 0 Å². The van der Waals surface area contributed by atoms with E-state index >= 15 is 0 Å². The summed E-state index contributed by atoms with van der Waals surface area (Å²) < 4.78 is 5.27. The highest BCUT2D eigenvalue weighted by Crippen LogP contribution is 2.16. The van der Waals surface area contributed by atoms with Crippen LogP contribution in [0, 0.1) is 5.92 Å². The number of ether oxygens (including phenoxy) is 1. The fourth-order valence-electron chi connectivity index (χ4n) is 2.45. The van der Waals surface area contributed by atoms with E-state index in [1.54, 1.807) is 50.2 Å². The second-order valence-corrected chi connectivity index (χ2v) is 6.90. The summed E-state index contributed by atoms with van der Waals surface area (Å²) in [6.45, 7) is 6.43. The summed E-state index contributed by atoms with van der Waals surface area (Å²) in [4.78, 5) is 47.7. The normalized spacial score (nSPS) is 11.5. The van der Waals surface area contributed by atoms with Gasteiger partial charge in [-0.05, 0) is 49.4 Å². The first-order chi connectivity index (χ1) is 13.7. The number of hydrogen-bond acceptors (Lipinski definition) is 5. The van der Waals surface area contributed by atoms with Gasteiger partial charge in [0.15, 0.2) is 6.10 Å². The van der Waals surface area contributed by atoms with E-state index in [0.29, 0.717) is 16.9 Å². The Morgan fingerprint density at radius 3 is 2.07 bits per heavy atom. The summed E-state index contributed by atoms with van der Waals surface area (Å²) in [5, 5.41) is 5.33. The van der Waals surface area contributed by atoms with Crippen LogP contribution in [0.1, 0.15) is 48.4 Å². The number of anilines is 2. The molecule has 0 saturated carbocycles. The lowest BCUT2D eigenvalue weighted by Crippen LogP contribution is -2.24. The first kappa shape index (κ1) is 21.8. The number of ketones is 1. The Labute approximate surface area is 169 Å². The average molecular weight is 396 g/mol. The van der Waals surface area contributed by atoms with Crippen LogP contribution in [-0.2, 0) is 14.3 Å². The minimum absolute atomic E-state index is 0.118. The van der Waals surface area contributed by atoms with Crippen molar-refractivity contribution in [3.05, 3.63) is 59.7 Å². The van der Waals surface area contributed by atoms with Gasteiger partial charge >= 0.3 is 5.97 Å². The summed E-state index contributed by atoms with van der Waals surface area (Å²) in [7, 11) is 0. The quantitative estimate of drug-likeness (QED) is 0.549. The standard InChI is InChI=1S/C22H24N2O5/c1-13(2)21(27)24-18-10-8-16(9-11-18)20(26)14(3)29-22(28)17-6-5-7-19(12-17)23-15(4)25/h5-14H,1-4H3,(H,23,25)(H,24,27). The smallest absolute Gasteiger partial charge is 0.338 e. The fraction of sp³-hybridized carbons (Fsp3) is 0.273. The number of carbonyl (C=O) groups excluding carboxylic acids is 4. The molecule has 1 atom stereocenters. The molecule has 29 heavy (non-hydrogen) atoms. The third-order valence-electron chi connectivity index (χ3n) is 4.03. The Balaban J connectivity index is 2.02. The predicted molar refractivity (Wildman–Crippen MR) is 110 cm³/mol. The van der Waals surface area contributed by atoms with Crippen molar-refractivity contribution in [1.82, 2.24) is 0 Å². The lowest BCUT2D eigenvalue weighted by atomic mass is 10.1. The minimum atomic E-state index is -0.997. The largest absolute Gasteiger partial charge is 0.451 e. The van der Waals surface area contributed by atoms with Crippen molar-refractivity contribution in [1.29, 1.82) is 0 Å². The van der Waals surface area contributed by atoms with E-state index in [9.17, 15) is 19.2 Å². The van der Waals surface area contributed by atoms with Crippen molar-refractivity contribution >= 4 is 34.9 Å². The Kier molecular flexibility index (Phi) is 7.25. The van der Waals surface area contributed by atoms with E-state index in [2.05, 4.69) is 10.6 Å². The number of hydrogen-bond donors (Lipinski definition) is 2. The second kappa shape index (κ2) is 9.64. The maximum absolute atomic E-state index is 12.5. The molecule has 2 rings (SSSR count). The van der Waals surface area contributed by atoms with Crippen molar-refractivity contribution < 1.29 is 23.9 Å². The molecular weight excluding hydrogens is 372 g/mol. The molecular formula is C22H24N2O5. The van der Waals surface area contributed by atoms with Gasteiger partial charge in [-0.25, -0.2) is 4.79 Å². The average Bonchev–Trinajstić information content (AvgIpc) is 2.67. The molecule has 2 aromatic rings. The van der Waals surface area contributed by atoms with Crippen LogP contribution in [-0.4, -0.2) is 29.7 Å². The zero-order valence-corrected chi connectivity index (χ0v) is 16.8. The van der Waals surface area contributed by atoms with Gasteiger partial charge in [0.25, 0.3) is 0 Å². The molecule has 0 bridgehead atoms. The molecule has 0 aliphatic heterocycles. The van der Waals surface area contributed by atoms with Crippen molar-refractivity contribution in [3.63, 3.8) is 0 Å². The molecule has 0 heterocycles. The number of nitrogens with one attached hydrogen (secondary N) is 2. The van der Waals surface area contributed by atoms with Crippen molar-refractivity contribution in [3.8, 4) is 0 Å². The summed E-state index contributed by atoms with van der Waals surface area (Å²) in [5.74, 6) is -1.56. The van der Waals surface area contributed by atoms with Gasteiger partial charge < -0.3 is 15.4 Å². The molecule has 2 aromatic carbocycles. The Morgan fingerprint density at radius 2 is 1.48 bits per heavy atom. The monoisotopic (exact) mass is 396 g/mol. The molecule has 0 spiro atoms. The Morgan fingerprint density at radius 1 is 0.828 bits per heavy atom. The third-order valence-corrected chi connectivity index (χ3v) is 4.03. The molecule has 7 nitrogen and oxygen atoms in total. The topological polar surface area (TPSA) is 102 Å². The van der Waals surface area contributed by atoms with Crippen molar-refractivity contribution in [2.45, 2.75) is 33.8 Å². The first-order valence-corrected chi connectivity index (χ1v) is 9.21. The summed E-state index contributed by atoms with van der Waals surface area (Å²) in [6.07, 6.45) is -0.997. The number of benzene rings is 2. The fourth-order valence-corrected chi connectivity index (χ4v) is 2.45. The predicted octanol–water partition coefficient (Wildman–Crippen LogP) is 3.67. The molecule has 0 radical (unpaired) electrons. The van der Waals surface area contributed by atoms with Crippen LogP contribution >= 0.6 is 0 Å². The molecule has 152 valence electrons. The van der Waals surface area contributed by atoms with Gasteiger partial charge in [-0.3, -0.25) is 14.4 Å². The van der Waals surface area contributed by atoms with Crippen molar-refractivity contribution in [2.75, 3.05) is 10.6 Å². The van der Waals surface area contributed by atoms with Gasteiger partial charge in [0.2, 0.25) is 17.6 Å². The SMILES string of the molecule is CC(=O)Nc1cccc(C(=O)OC(C)C(=O)c2ccc(NC(=O)C(C)C)cc2)c1. The summed E-state index contributed by atoms with van der Waals surface area (Å²) in [5.41, 5.74) is 1.63. The number of carbonyl (C=O) groups is 4. The van der Waals surface area contributed by atoms with Gasteiger partial charge in [-0.15, -0.1) is 0 Å². The summed E-state index contributed by atoms with van der Waals surface area (Å²) in [6, 6.07) is 12.7. The van der Waals surface area contributed by atoms with Crippen LogP contribution in [0.15, 0.2) is 48.5 Å². The molecule has 0 aromatic heterocycles. The lowest BCUT2D eigenvalue weighted by molar-refractivity contribution is -0.119. The van der Waals surface area contributed by atoms with Crippen LogP contribution in [0.5, 0.6) is 0 Å². The van der Waals surface area contributed by atoms with E-state index in [1.165, 1.54) is 26.0 Å². The zero-order valence-electron chi connectivity index (χ0n) is 16.8. The lowest BCUT2D eigenvalue weighted by Gasteiger charge is -2.13. The number of rotatable bonds is 7. The van der Waals surface area contributed by atoms with Crippen LogP contribution in [0.4, 0.5) is 11.4 Å². The zero-order chi connectivity index (χ0) is 21.6. The van der Waals surface area contributed by atoms with Crippen LogP contribution in [0.3, 0.4) is 0 Å². The van der Waals surface area contributed by atoms with E-state index in [-0.39, 0.29) is 29.1 Å². The highest BCUT2D eigenvalue weighted by molar-refractivity contribution is 6.02. The van der Waals surface area contributed by atoms with E-state index in [1.807, 2.05) is 0 Å². The number of amides is 2. The number of esters is 1. The van der Waals surface area contributed by atoms with E-state index in [4.69, 9.17) is 4.74 Å². The third kappa shape index (κ3) is 6.27. The van der Waals surface area contributed by atoms with Gasteiger partial charge in [-0.1, -0.05) is 19.9 Å².